The van der Waals surface area contributed by atoms with E-state index >= 15 is 0 Å². The van der Waals surface area contributed by atoms with Gasteiger partial charge >= 0.3 is 0 Å². The Morgan fingerprint density at radius 1 is 1.31 bits per heavy atom. The Bertz CT molecular complexity index is 247. The van der Waals surface area contributed by atoms with Crippen LogP contribution in [-0.2, 0) is 0 Å². The molecule has 0 aromatic heterocycles. The SMILES string of the molecule is C=C(C)/C=C/SC(=NC)C(CCC)CCC. The highest BCUT2D eigenvalue weighted by atomic mass is 32.2. The zero-order valence-electron chi connectivity index (χ0n) is 11.1. The summed E-state index contributed by atoms with van der Waals surface area (Å²) in [5, 5.41) is 3.37. The minimum Gasteiger partial charge on any atom is -0.286 e. The molecule has 0 aromatic rings. The van der Waals surface area contributed by atoms with Crippen molar-refractivity contribution in [3.8, 4) is 0 Å². The molecule has 0 radical (unpaired) electrons. The Morgan fingerprint density at radius 2 is 1.88 bits per heavy atom. The van der Waals surface area contributed by atoms with Crippen molar-refractivity contribution in [3.05, 3.63) is 23.6 Å². The standard InChI is InChI=1S/C14H25NS/c1-6-8-13(9-7-2)14(15-5)16-11-10-12(3)4/h10-11,13H,3,6-9H2,1-2,4-5H3/b11-10+,15-14?. The van der Waals surface area contributed by atoms with Crippen molar-refractivity contribution in [3.63, 3.8) is 0 Å². The quantitative estimate of drug-likeness (QED) is 0.344. The van der Waals surface area contributed by atoms with E-state index < -0.39 is 0 Å². The van der Waals surface area contributed by atoms with Crippen molar-refractivity contribution < 1.29 is 0 Å². The number of thioether (sulfide) groups is 1. The van der Waals surface area contributed by atoms with E-state index in [2.05, 4.69) is 30.8 Å². The van der Waals surface area contributed by atoms with Gasteiger partial charge in [0.25, 0.3) is 0 Å². The minimum absolute atomic E-state index is 0.639. The number of hydrogen-bond donors (Lipinski definition) is 0. The molecule has 0 unspecified atom stereocenters. The van der Waals surface area contributed by atoms with Gasteiger partial charge in [-0.25, -0.2) is 0 Å². The van der Waals surface area contributed by atoms with Gasteiger partial charge in [0.2, 0.25) is 0 Å². The van der Waals surface area contributed by atoms with Crippen molar-refractivity contribution in [2.45, 2.75) is 46.5 Å². The molecule has 0 spiro atoms. The molecule has 0 aromatic carbocycles. The molecule has 2 heteroatoms. The Labute approximate surface area is 105 Å². The molecule has 0 fully saturated rings. The summed E-state index contributed by atoms with van der Waals surface area (Å²) in [5.74, 6) is 0.639. The van der Waals surface area contributed by atoms with Crippen LogP contribution in [0, 0.1) is 5.92 Å². The summed E-state index contributed by atoms with van der Waals surface area (Å²) in [6.45, 7) is 10.3. The molecule has 0 heterocycles. The lowest BCUT2D eigenvalue weighted by atomic mass is 9.99. The van der Waals surface area contributed by atoms with Crippen LogP contribution in [0.5, 0.6) is 0 Å². The molecule has 0 N–H and O–H groups in total. The fourth-order valence-corrected chi connectivity index (χ4v) is 2.61. The number of nitrogens with zero attached hydrogens (tertiary/aromatic N) is 1. The molecule has 0 aliphatic rings. The van der Waals surface area contributed by atoms with Gasteiger partial charge in [-0.1, -0.05) is 56.7 Å². The molecular weight excluding hydrogens is 214 g/mol. The predicted octanol–water partition coefficient (Wildman–Crippen LogP) is 5.05. The molecule has 0 rings (SSSR count). The van der Waals surface area contributed by atoms with E-state index in [1.165, 1.54) is 30.7 Å². The van der Waals surface area contributed by atoms with Crippen molar-refractivity contribution in [1.29, 1.82) is 0 Å². The van der Waals surface area contributed by atoms with Crippen LogP contribution in [0.3, 0.4) is 0 Å². The Balaban J connectivity index is 4.37. The largest absolute Gasteiger partial charge is 0.286 e. The van der Waals surface area contributed by atoms with Gasteiger partial charge in [0.1, 0.15) is 0 Å². The van der Waals surface area contributed by atoms with E-state index in [1.807, 2.05) is 20.0 Å². The number of allylic oxidation sites excluding steroid dienone is 2. The molecule has 0 amide bonds. The summed E-state index contributed by atoms with van der Waals surface area (Å²) in [4.78, 5) is 4.42. The summed E-state index contributed by atoms with van der Waals surface area (Å²) < 4.78 is 0. The number of rotatable bonds is 7. The first-order chi connectivity index (χ1) is 7.65. The second-order valence-corrected chi connectivity index (χ2v) is 5.03. The Morgan fingerprint density at radius 3 is 2.25 bits per heavy atom. The third kappa shape index (κ3) is 6.89. The van der Waals surface area contributed by atoms with Gasteiger partial charge in [-0.15, -0.1) is 0 Å². The summed E-state index contributed by atoms with van der Waals surface area (Å²) in [7, 11) is 1.90. The van der Waals surface area contributed by atoms with Crippen molar-refractivity contribution in [2.75, 3.05) is 7.05 Å². The smallest absolute Gasteiger partial charge is 0.0745 e. The summed E-state index contributed by atoms with van der Waals surface area (Å²) in [6.07, 6.45) is 7.00. The van der Waals surface area contributed by atoms with Crippen LogP contribution < -0.4 is 0 Å². The average Bonchev–Trinajstić information content (AvgIpc) is 2.24. The third-order valence-electron chi connectivity index (χ3n) is 2.39. The van der Waals surface area contributed by atoms with Gasteiger partial charge in [-0.05, 0) is 25.2 Å². The fraction of sp³-hybridized carbons (Fsp3) is 0.643. The zero-order chi connectivity index (χ0) is 12.4. The maximum absolute atomic E-state index is 4.42. The first-order valence-corrected chi connectivity index (χ1v) is 6.99. The molecule has 0 aliphatic carbocycles. The van der Waals surface area contributed by atoms with E-state index in [1.54, 1.807) is 11.8 Å². The highest BCUT2D eigenvalue weighted by molar-refractivity contribution is 8.16. The van der Waals surface area contributed by atoms with E-state index in [0.29, 0.717) is 5.92 Å². The molecule has 0 bridgehead atoms. The van der Waals surface area contributed by atoms with E-state index in [-0.39, 0.29) is 0 Å². The topological polar surface area (TPSA) is 12.4 Å². The first-order valence-electron chi connectivity index (χ1n) is 6.11. The normalized spacial score (nSPS) is 12.7. The number of aliphatic imine (C=N–C) groups is 1. The van der Waals surface area contributed by atoms with Gasteiger partial charge in [0.05, 0.1) is 5.04 Å². The second kappa shape index (κ2) is 9.71. The van der Waals surface area contributed by atoms with E-state index in [9.17, 15) is 0 Å². The molecule has 92 valence electrons. The highest BCUT2D eigenvalue weighted by Gasteiger charge is 2.13. The van der Waals surface area contributed by atoms with Crippen LogP contribution in [0.4, 0.5) is 0 Å². The van der Waals surface area contributed by atoms with Crippen LogP contribution in [0.2, 0.25) is 0 Å². The summed E-state index contributed by atoms with van der Waals surface area (Å²) in [6, 6.07) is 0. The third-order valence-corrected chi connectivity index (χ3v) is 3.41. The fourth-order valence-electron chi connectivity index (χ4n) is 1.64. The lowest BCUT2D eigenvalue weighted by molar-refractivity contribution is 0.564. The van der Waals surface area contributed by atoms with Crippen LogP contribution in [0.1, 0.15) is 46.5 Å². The molecule has 0 atom stereocenters. The molecule has 0 saturated heterocycles. The van der Waals surface area contributed by atoms with Gasteiger partial charge in [-0.2, -0.15) is 0 Å². The Hall–Kier alpha value is -0.500. The molecule has 16 heavy (non-hydrogen) atoms. The van der Waals surface area contributed by atoms with Crippen molar-refractivity contribution in [1.82, 2.24) is 0 Å². The highest BCUT2D eigenvalue weighted by Crippen LogP contribution is 2.23. The summed E-state index contributed by atoms with van der Waals surface area (Å²) >= 11 is 1.75. The number of hydrogen-bond acceptors (Lipinski definition) is 2. The lowest BCUT2D eigenvalue weighted by Gasteiger charge is -2.15. The Kier molecular flexibility index (Phi) is 9.40. The van der Waals surface area contributed by atoms with Crippen LogP contribution >= 0.6 is 11.8 Å². The van der Waals surface area contributed by atoms with Crippen LogP contribution in [0.25, 0.3) is 0 Å². The molecule has 0 aliphatic heterocycles. The van der Waals surface area contributed by atoms with E-state index in [4.69, 9.17) is 0 Å². The van der Waals surface area contributed by atoms with Crippen molar-refractivity contribution in [2.24, 2.45) is 10.9 Å². The summed E-state index contributed by atoms with van der Waals surface area (Å²) in [5.41, 5.74) is 1.09. The first kappa shape index (κ1) is 15.5. The minimum atomic E-state index is 0.639. The predicted molar refractivity (Wildman–Crippen MR) is 78.2 cm³/mol. The van der Waals surface area contributed by atoms with Gasteiger partial charge in [0.15, 0.2) is 0 Å². The van der Waals surface area contributed by atoms with Crippen LogP contribution in [0.15, 0.2) is 28.6 Å². The van der Waals surface area contributed by atoms with Crippen molar-refractivity contribution >= 4 is 16.8 Å². The van der Waals surface area contributed by atoms with Gasteiger partial charge < -0.3 is 0 Å². The lowest BCUT2D eigenvalue weighted by Crippen LogP contribution is -2.10. The second-order valence-electron chi connectivity index (χ2n) is 4.10. The van der Waals surface area contributed by atoms with Gasteiger partial charge in [-0.3, -0.25) is 4.99 Å². The monoisotopic (exact) mass is 239 g/mol. The van der Waals surface area contributed by atoms with Gasteiger partial charge in [0, 0.05) is 13.0 Å². The molecule has 1 nitrogen and oxygen atoms in total. The molecular formula is C14H25NS. The average molecular weight is 239 g/mol. The van der Waals surface area contributed by atoms with Crippen LogP contribution in [-0.4, -0.2) is 12.1 Å². The maximum atomic E-state index is 4.42. The maximum Gasteiger partial charge on any atom is 0.0745 e. The van der Waals surface area contributed by atoms with E-state index in [0.717, 1.165) is 5.57 Å². The zero-order valence-corrected chi connectivity index (χ0v) is 11.9. The molecule has 0 saturated carbocycles.